The summed E-state index contributed by atoms with van der Waals surface area (Å²) in [6.45, 7) is 8.12. The fraction of sp³-hybridized carbons (Fsp3) is 0.600. The Kier molecular flexibility index (Phi) is 4.35. The van der Waals surface area contributed by atoms with Crippen molar-refractivity contribution in [3.63, 3.8) is 0 Å². The molecule has 1 aromatic heterocycles. The number of nitrogens with zero attached hydrogens (tertiary/aromatic N) is 2. The van der Waals surface area contributed by atoms with Gasteiger partial charge in [-0.05, 0) is 52.7 Å². The van der Waals surface area contributed by atoms with Gasteiger partial charge in [-0.25, -0.2) is 9.78 Å². The number of rotatable bonds is 3. The molecule has 2 aromatic rings. The topological polar surface area (TPSA) is 62.6 Å². The maximum absolute atomic E-state index is 12.2. The van der Waals surface area contributed by atoms with E-state index in [0.29, 0.717) is 11.6 Å². The first-order valence-electron chi connectivity index (χ1n) is 9.68. The molecule has 0 N–H and O–H groups in total. The van der Waals surface area contributed by atoms with Crippen LogP contribution in [0.4, 0.5) is 0 Å². The lowest BCUT2D eigenvalue weighted by atomic mass is 9.77. The van der Waals surface area contributed by atoms with Crippen LogP contribution in [0.2, 0.25) is 0 Å². The second kappa shape index (κ2) is 6.35. The van der Waals surface area contributed by atoms with Crippen LogP contribution in [-0.2, 0) is 14.0 Å². The molecule has 2 heterocycles. The minimum Gasteiger partial charge on any atom is -0.465 e. The van der Waals surface area contributed by atoms with Gasteiger partial charge in [0.2, 0.25) is 0 Å². The highest BCUT2D eigenvalue weighted by atomic mass is 16.7. The third-order valence-electron chi connectivity index (χ3n) is 6.35. The summed E-state index contributed by atoms with van der Waals surface area (Å²) < 4.78 is 19.8. The Hall–Kier alpha value is -1.86. The number of hydrogen-bond acceptors (Lipinski definition) is 5. The van der Waals surface area contributed by atoms with E-state index in [1.54, 1.807) is 6.07 Å². The van der Waals surface area contributed by atoms with E-state index >= 15 is 0 Å². The van der Waals surface area contributed by atoms with Crippen molar-refractivity contribution in [2.75, 3.05) is 7.11 Å². The minimum atomic E-state index is -0.557. The molecule has 7 heteroatoms. The molecule has 4 rings (SSSR count). The lowest BCUT2D eigenvalue weighted by Gasteiger charge is -2.32. The summed E-state index contributed by atoms with van der Waals surface area (Å²) in [5.41, 5.74) is 2.16. The molecule has 1 saturated carbocycles. The first-order chi connectivity index (χ1) is 12.7. The summed E-state index contributed by atoms with van der Waals surface area (Å²) in [4.78, 5) is 16.8. The van der Waals surface area contributed by atoms with Crippen molar-refractivity contribution in [3.05, 3.63) is 24.0 Å². The summed E-state index contributed by atoms with van der Waals surface area (Å²) in [6.07, 6.45) is 6.64. The maximum atomic E-state index is 12.2. The molecule has 0 amide bonds. The predicted octanol–water partition coefficient (Wildman–Crippen LogP) is 3.24. The average molecular weight is 370 g/mol. The summed E-state index contributed by atoms with van der Waals surface area (Å²) in [7, 11) is 0.831. The van der Waals surface area contributed by atoms with E-state index in [1.807, 2.05) is 40.1 Å². The molecular formula is C20H27BN2O4. The zero-order valence-electron chi connectivity index (χ0n) is 16.7. The Morgan fingerprint density at radius 2 is 1.81 bits per heavy atom. The van der Waals surface area contributed by atoms with Gasteiger partial charge in [-0.2, -0.15) is 0 Å². The summed E-state index contributed by atoms with van der Waals surface area (Å²) >= 11 is 0. The van der Waals surface area contributed by atoms with Crippen molar-refractivity contribution >= 4 is 29.6 Å². The van der Waals surface area contributed by atoms with Gasteiger partial charge in [0, 0.05) is 11.5 Å². The molecule has 1 aliphatic carbocycles. The molecule has 0 unspecified atom stereocenters. The number of methoxy groups -OCH3 is 1. The quantitative estimate of drug-likeness (QED) is 0.613. The molecule has 0 spiro atoms. The van der Waals surface area contributed by atoms with Gasteiger partial charge in [0.25, 0.3) is 0 Å². The van der Waals surface area contributed by atoms with Crippen LogP contribution >= 0.6 is 0 Å². The Balaban J connectivity index is 1.88. The highest BCUT2D eigenvalue weighted by molar-refractivity contribution is 6.65. The van der Waals surface area contributed by atoms with E-state index in [9.17, 15) is 4.79 Å². The van der Waals surface area contributed by atoms with Crippen LogP contribution < -0.4 is 5.46 Å². The number of ether oxygens (including phenoxy) is 1. The lowest BCUT2D eigenvalue weighted by Crippen LogP contribution is -2.41. The van der Waals surface area contributed by atoms with Crippen molar-refractivity contribution in [2.24, 2.45) is 0 Å². The molecule has 1 aliphatic heterocycles. The molecule has 0 atom stereocenters. The Morgan fingerprint density at radius 3 is 2.41 bits per heavy atom. The van der Waals surface area contributed by atoms with Gasteiger partial charge in [0.15, 0.2) is 0 Å². The normalized spacial score (nSPS) is 21.9. The molecular weight excluding hydrogens is 343 g/mol. The molecule has 6 nitrogen and oxygen atoms in total. The standard InChI is InChI=1S/C20H27BN2O4/c1-19(2)20(3,4)27-21(26-19)15-10-13(18(24)25-5)11-16-17(15)23(12-22-16)14-8-6-7-9-14/h10-12,14H,6-9H2,1-5H3. The highest BCUT2D eigenvalue weighted by Gasteiger charge is 2.52. The molecule has 0 bridgehead atoms. The van der Waals surface area contributed by atoms with E-state index in [0.717, 1.165) is 29.3 Å². The number of carbonyl (C=O) groups excluding carboxylic acids is 1. The zero-order valence-corrected chi connectivity index (χ0v) is 16.7. The second-order valence-corrected chi connectivity index (χ2v) is 8.60. The second-order valence-electron chi connectivity index (χ2n) is 8.60. The number of hydrogen-bond donors (Lipinski definition) is 0. The first-order valence-corrected chi connectivity index (χ1v) is 9.68. The zero-order chi connectivity index (χ0) is 19.4. The minimum absolute atomic E-state index is 0.384. The van der Waals surface area contributed by atoms with Crippen LogP contribution in [0.5, 0.6) is 0 Å². The average Bonchev–Trinajstić information content (AvgIpc) is 3.31. The van der Waals surface area contributed by atoms with Gasteiger partial charge < -0.3 is 18.6 Å². The van der Waals surface area contributed by atoms with E-state index in [-0.39, 0.29) is 5.97 Å². The third kappa shape index (κ3) is 2.97. The molecule has 1 saturated heterocycles. The number of fused-ring (bicyclic) bond motifs is 1. The van der Waals surface area contributed by atoms with Crippen molar-refractivity contribution in [1.29, 1.82) is 0 Å². The van der Waals surface area contributed by atoms with Crippen molar-refractivity contribution in [1.82, 2.24) is 9.55 Å². The largest absolute Gasteiger partial charge is 0.497 e. The smallest absolute Gasteiger partial charge is 0.465 e. The van der Waals surface area contributed by atoms with Gasteiger partial charge in [-0.15, -0.1) is 0 Å². The number of aromatic nitrogens is 2. The number of esters is 1. The summed E-state index contributed by atoms with van der Waals surface area (Å²) in [5, 5.41) is 0. The molecule has 2 aliphatic rings. The molecule has 2 fully saturated rings. The summed E-state index contributed by atoms with van der Waals surface area (Å²) in [5.74, 6) is -0.384. The predicted molar refractivity (Wildman–Crippen MR) is 104 cm³/mol. The van der Waals surface area contributed by atoms with Crippen molar-refractivity contribution < 1.29 is 18.8 Å². The van der Waals surface area contributed by atoms with Crippen LogP contribution in [-0.4, -0.2) is 41.0 Å². The number of imidazole rings is 1. The molecule has 1 aromatic carbocycles. The maximum Gasteiger partial charge on any atom is 0.497 e. The third-order valence-corrected chi connectivity index (χ3v) is 6.35. The van der Waals surface area contributed by atoms with Crippen molar-refractivity contribution in [3.8, 4) is 0 Å². The van der Waals surface area contributed by atoms with Crippen molar-refractivity contribution in [2.45, 2.75) is 70.6 Å². The molecule has 0 radical (unpaired) electrons. The fourth-order valence-corrected chi connectivity index (χ4v) is 4.05. The molecule has 144 valence electrons. The van der Waals surface area contributed by atoms with Crippen LogP contribution in [0.15, 0.2) is 18.5 Å². The van der Waals surface area contributed by atoms with E-state index < -0.39 is 18.3 Å². The van der Waals surface area contributed by atoms with E-state index in [2.05, 4.69) is 9.55 Å². The van der Waals surface area contributed by atoms with E-state index in [4.69, 9.17) is 14.0 Å². The van der Waals surface area contributed by atoms with Gasteiger partial charge in [-0.3, -0.25) is 0 Å². The molecule has 27 heavy (non-hydrogen) atoms. The number of benzene rings is 1. The Bertz CT molecular complexity index is 867. The Morgan fingerprint density at radius 1 is 1.19 bits per heavy atom. The Labute approximate surface area is 160 Å². The van der Waals surface area contributed by atoms with Crippen LogP contribution in [0.25, 0.3) is 11.0 Å². The highest BCUT2D eigenvalue weighted by Crippen LogP contribution is 2.38. The lowest BCUT2D eigenvalue weighted by molar-refractivity contribution is 0.00578. The van der Waals surface area contributed by atoms with Gasteiger partial charge >= 0.3 is 13.1 Å². The monoisotopic (exact) mass is 370 g/mol. The van der Waals surface area contributed by atoms with Crippen LogP contribution in [0.1, 0.15) is 69.8 Å². The van der Waals surface area contributed by atoms with Gasteiger partial charge in [-0.1, -0.05) is 12.8 Å². The van der Waals surface area contributed by atoms with Gasteiger partial charge in [0.1, 0.15) is 0 Å². The fourth-order valence-electron chi connectivity index (χ4n) is 4.05. The first kappa shape index (κ1) is 18.5. The van der Waals surface area contributed by atoms with Crippen LogP contribution in [0, 0.1) is 0 Å². The summed E-state index contributed by atoms with van der Waals surface area (Å²) in [6, 6.07) is 4.06. The van der Waals surface area contributed by atoms with Gasteiger partial charge in [0.05, 0.1) is 41.2 Å². The van der Waals surface area contributed by atoms with E-state index in [1.165, 1.54) is 20.0 Å². The SMILES string of the molecule is COC(=O)c1cc(B2OC(C)(C)C(C)(C)O2)c2c(c1)ncn2C1CCCC1. The van der Waals surface area contributed by atoms with Crippen LogP contribution in [0.3, 0.4) is 0 Å². The number of carbonyl (C=O) groups is 1.